The minimum atomic E-state index is -0.257. The number of amidine groups is 1. The molecule has 7 nitrogen and oxygen atoms in total. The Kier molecular flexibility index (Phi) is 5.27. The van der Waals surface area contributed by atoms with Gasteiger partial charge < -0.3 is 5.32 Å². The summed E-state index contributed by atoms with van der Waals surface area (Å²) >= 11 is 0. The third-order valence-electron chi connectivity index (χ3n) is 4.85. The molecule has 2 amide bonds. The highest BCUT2D eigenvalue weighted by Crippen LogP contribution is 2.20. The molecule has 2 aliphatic rings. The zero-order valence-electron chi connectivity index (χ0n) is 15.7. The molecule has 26 heavy (non-hydrogen) atoms. The number of likely N-dealkylation sites (tertiary alicyclic amines) is 1. The first kappa shape index (κ1) is 18.4. The van der Waals surface area contributed by atoms with Gasteiger partial charge in [-0.2, -0.15) is 0 Å². The maximum absolute atomic E-state index is 12.6. The van der Waals surface area contributed by atoms with Gasteiger partial charge in [0.05, 0.1) is 5.69 Å². The van der Waals surface area contributed by atoms with E-state index in [9.17, 15) is 9.59 Å². The van der Waals surface area contributed by atoms with Crippen molar-refractivity contribution in [3.8, 4) is 0 Å². The molecule has 0 aromatic heterocycles. The van der Waals surface area contributed by atoms with Crippen LogP contribution in [-0.2, 0) is 9.59 Å². The van der Waals surface area contributed by atoms with Crippen LogP contribution in [0.3, 0.4) is 0 Å². The molecule has 140 valence electrons. The Morgan fingerprint density at radius 2 is 1.85 bits per heavy atom. The van der Waals surface area contributed by atoms with Gasteiger partial charge in [0, 0.05) is 24.7 Å². The smallest absolute Gasteiger partial charge is 0.288 e. The van der Waals surface area contributed by atoms with Crippen molar-refractivity contribution in [2.45, 2.75) is 45.2 Å². The van der Waals surface area contributed by atoms with Crippen LogP contribution in [0.4, 0.5) is 5.69 Å². The molecule has 0 spiro atoms. The Hall–Kier alpha value is -2.41. The summed E-state index contributed by atoms with van der Waals surface area (Å²) < 4.78 is 0. The molecule has 1 aromatic rings. The molecule has 0 radical (unpaired) electrons. The van der Waals surface area contributed by atoms with Gasteiger partial charge in [0.1, 0.15) is 6.54 Å². The van der Waals surface area contributed by atoms with Crippen LogP contribution in [0.2, 0.25) is 0 Å². The zero-order valence-corrected chi connectivity index (χ0v) is 15.7. The molecule has 1 saturated heterocycles. The lowest BCUT2D eigenvalue weighted by molar-refractivity contribution is -0.118. The van der Waals surface area contributed by atoms with E-state index >= 15 is 0 Å². The van der Waals surface area contributed by atoms with E-state index in [-0.39, 0.29) is 35.8 Å². The van der Waals surface area contributed by atoms with E-state index < -0.39 is 0 Å². The van der Waals surface area contributed by atoms with E-state index in [1.807, 2.05) is 30.3 Å². The quantitative estimate of drug-likeness (QED) is 0.855. The number of anilines is 1. The zero-order chi connectivity index (χ0) is 18.7. The number of hydrogen-bond acceptors (Lipinski definition) is 5. The van der Waals surface area contributed by atoms with E-state index in [4.69, 9.17) is 0 Å². The summed E-state index contributed by atoms with van der Waals surface area (Å²) in [6, 6.07) is 9.33. The number of aliphatic imine (C=N–C) groups is 1. The van der Waals surface area contributed by atoms with Crippen LogP contribution in [0.1, 0.15) is 33.6 Å². The highest BCUT2D eigenvalue weighted by molar-refractivity contribution is 6.39. The molecular formula is C19H27N5O2. The number of hydrazine groups is 1. The largest absolute Gasteiger partial charge is 0.347 e. The number of para-hydroxylation sites is 1. The van der Waals surface area contributed by atoms with Gasteiger partial charge in [-0.3, -0.25) is 24.9 Å². The number of nitrogens with one attached hydrogen (secondary N) is 2. The van der Waals surface area contributed by atoms with Crippen LogP contribution < -0.4 is 15.8 Å². The molecule has 0 bridgehead atoms. The molecule has 3 rings (SSSR count). The topological polar surface area (TPSA) is 77.0 Å². The van der Waals surface area contributed by atoms with Gasteiger partial charge in [-0.1, -0.05) is 18.2 Å². The van der Waals surface area contributed by atoms with E-state index in [2.05, 4.69) is 41.4 Å². The lowest BCUT2D eigenvalue weighted by Gasteiger charge is -2.41. The summed E-state index contributed by atoms with van der Waals surface area (Å²) in [4.78, 5) is 31.2. The van der Waals surface area contributed by atoms with Crippen LogP contribution in [-0.4, -0.2) is 53.8 Å². The predicted molar refractivity (Wildman–Crippen MR) is 102 cm³/mol. The molecule has 0 unspecified atom stereocenters. The first-order valence-corrected chi connectivity index (χ1v) is 9.09. The van der Waals surface area contributed by atoms with Gasteiger partial charge in [0.2, 0.25) is 5.84 Å². The first-order chi connectivity index (χ1) is 12.3. The fraction of sp³-hybridized carbons (Fsp3) is 0.526. The molecule has 0 aliphatic carbocycles. The standard InChI is InChI=1S/C19H27N5O2/c1-19(2,3)23-11-9-14(10-12-23)21-18(26)17-20-13-16(25)24(22-17)15-7-5-4-6-8-15/h4-8,14H,9-13H2,1-3H3,(H,20,22)(H,21,26). The highest BCUT2D eigenvalue weighted by Gasteiger charge is 2.30. The molecule has 7 heteroatoms. The summed E-state index contributed by atoms with van der Waals surface area (Å²) in [5, 5.41) is 4.43. The fourth-order valence-corrected chi connectivity index (χ4v) is 3.28. The Labute approximate surface area is 154 Å². The van der Waals surface area contributed by atoms with Gasteiger partial charge in [-0.05, 0) is 45.7 Å². The van der Waals surface area contributed by atoms with Crippen molar-refractivity contribution in [1.29, 1.82) is 0 Å². The molecule has 0 saturated carbocycles. The minimum absolute atomic E-state index is 0.0346. The maximum Gasteiger partial charge on any atom is 0.288 e. The molecule has 2 heterocycles. The number of hydrogen-bond donors (Lipinski definition) is 2. The van der Waals surface area contributed by atoms with Crippen molar-refractivity contribution >= 4 is 23.3 Å². The molecule has 2 N–H and O–H groups in total. The summed E-state index contributed by atoms with van der Waals surface area (Å²) in [5.41, 5.74) is 3.70. The lowest BCUT2D eigenvalue weighted by Crippen LogP contribution is -2.58. The second-order valence-corrected chi connectivity index (χ2v) is 7.75. The molecule has 0 atom stereocenters. The monoisotopic (exact) mass is 357 g/mol. The Morgan fingerprint density at radius 1 is 1.19 bits per heavy atom. The number of rotatable bonds is 3. The molecule has 2 aliphatic heterocycles. The van der Waals surface area contributed by atoms with E-state index in [0.717, 1.165) is 25.9 Å². The number of nitrogens with zero attached hydrogens (tertiary/aromatic N) is 3. The third kappa shape index (κ3) is 4.22. The molecule has 1 fully saturated rings. The number of carbonyl (C=O) groups is 2. The Morgan fingerprint density at radius 3 is 2.46 bits per heavy atom. The van der Waals surface area contributed by atoms with Crippen molar-refractivity contribution in [3.63, 3.8) is 0 Å². The minimum Gasteiger partial charge on any atom is -0.347 e. The predicted octanol–water partition coefficient (Wildman–Crippen LogP) is 1.32. The second-order valence-electron chi connectivity index (χ2n) is 7.75. The van der Waals surface area contributed by atoms with Crippen LogP contribution in [0, 0.1) is 0 Å². The summed E-state index contributed by atoms with van der Waals surface area (Å²) in [7, 11) is 0. The molecular weight excluding hydrogens is 330 g/mol. The van der Waals surface area contributed by atoms with E-state index in [1.165, 1.54) is 5.01 Å². The van der Waals surface area contributed by atoms with Crippen molar-refractivity contribution in [1.82, 2.24) is 15.6 Å². The number of carbonyl (C=O) groups excluding carboxylic acids is 2. The number of amides is 2. The highest BCUT2D eigenvalue weighted by atomic mass is 16.2. The lowest BCUT2D eigenvalue weighted by atomic mass is 9.98. The molecule has 1 aromatic carbocycles. The van der Waals surface area contributed by atoms with Crippen LogP contribution in [0.25, 0.3) is 0 Å². The van der Waals surface area contributed by atoms with Crippen LogP contribution in [0.15, 0.2) is 35.3 Å². The average molecular weight is 357 g/mol. The van der Waals surface area contributed by atoms with Crippen molar-refractivity contribution in [3.05, 3.63) is 30.3 Å². The van der Waals surface area contributed by atoms with Gasteiger partial charge in [0.15, 0.2) is 0 Å². The first-order valence-electron chi connectivity index (χ1n) is 9.09. The van der Waals surface area contributed by atoms with Crippen molar-refractivity contribution in [2.75, 3.05) is 24.6 Å². The number of piperidine rings is 1. The second kappa shape index (κ2) is 7.45. The Bertz CT molecular complexity index is 688. The maximum atomic E-state index is 12.6. The van der Waals surface area contributed by atoms with Gasteiger partial charge in [-0.15, -0.1) is 0 Å². The summed E-state index contributed by atoms with van der Waals surface area (Å²) in [5.74, 6) is -0.259. The fourth-order valence-electron chi connectivity index (χ4n) is 3.28. The van der Waals surface area contributed by atoms with Crippen molar-refractivity contribution in [2.24, 2.45) is 4.99 Å². The average Bonchev–Trinajstić information content (AvgIpc) is 2.62. The van der Waals surface area contributed by atoms with Gasteiger partial charge in [-0.25, -0.2) is 5.01 Å². The number of benzene rings is 1. The summed E-state index contributed by atoms with van der Waals surface area (Å²) in [6.07, 6.45) is 1.83. The Balaban J connectivity index is 1.58. The van der Waals surface area contributed by atoms with Gasteiger partial charge in [0.25, 0.3) is 11.8 Å². The normalized spacial score (nSPS) is 19.7. The SMILES string of the molecule is CC(C)(C)N1CCC(NC(=O)C2=NCC(=O)N(c3ccccc3)N2)CC1. The van der Waals surface area contributed by atoms with E-state index in [0.29, 0.717) is 5.69 Å². The van der Waals surface area contributed by atoms with Crippen LogP contribution in [0.5, 0.6) is 0 Å². The van der Waals surface area contributed by atoms with E-state index in [1.54, 1.807) is 0 Å². The van der Waals surface area contributed by atoms with Crippen molar-refractivity contribution < 1.29 is 9.59 Å². The van der Waals surface area contributed by atoms with Gasteiger partial charge >= 0.3 is 0 Å². The third-order valence-corrected chi connectivity index (χ3v) is 4.85. The summed E-state index contributed by atoms with van der Waals surface area (Å²) in [6.45, 7) is 8.52. The van der Waals surface area contributed by atoms with Crippen LogP contribution >= 0.6 is 0 Å².